The second kappa shape index (κ2) is 7.98. The van der Waals surface area contributed by atoms with E-state index in [2.05, 4.69) is 5.32 Å². The fourth-order valence-corrected chi connectivity index (χ4v) is 2.03. The van der Waals surface area contributed by atoms with Crippen LogP contribution in [0.4, 0.5) is 4.39 Å². The number of hydrogen-bond donors (Lipinski definition) is 1. The fourth-order valence-electron chi connectivity index (χ4n) is 2.03. The molecule has 0 aromatic heterocycles. The van der Waals surface area contributed by atoms with Gasteiger partial charge in [0.05, 0.1) is 13.2 Å². The van der Waals surface area contributed by atoms with Crippen LogP contribution < -0.4 is 10.1 Å². The maximum absolute atomic E-state index is 13.6. The van der Waals surface area contributed by atoms with Crippen LogP contribution in [0, 0.1) is 12.7 Å². The molecule has 4 nitrogen and oxygen atoms in total. The van der Waals surface area contributed by atoms with Gasteiger partial charge in [0, 0.05) is 6.42 Å². The van der Waals surface area contributed by atoms with E-state index in [1.54, 1.807) is 26.0 Å². The standard InChI is InChI=1S/C16H24FNO3/c1-5-18-16(4,15(19)20-6-2)9-10-21-14-11-12(3)7-8-13(14)17/h7-8,11,18H,5-6,9-10H2,1-4H3. The molecule has 0 radical (unpaired) electrons. The van der Waals surface area contributed by atoms with Gasteiger partial charge in [-0.2, -0.15) is 0 Å². The summed E-state index contributed by atoms with van der Waals surface area (Å²) in [4.78, 5) is 12.0. The first-order valence-corrected chi connectivity index (χ1v) is 7.24. The van der Waals surface area contributed by atoms with Crippen LogP contribution in [0.5, 0.6) is 5.75 Å². The van der Waals surface area contributed by atoms with E-state index >= 15 is 0 Å². The van der Waals surface area contributed by atoms with Gasteiger partial charge < -0.3 is 14.8 Å². The van der Waals surface area contributed by atoms with E-state index in [0.717, 1.165) is 5.56 Å². The molecule has 21 heavy (non-hydrogen) atoms. The summed E-state index contributed by atoms with van der Waals surface area (Å²) < 4.78 is 24.1. The topological polar surface area (TPSA) is 47.6 Å². The molecular formula is C16H24FNO3. The van der Waals surface area contributed by atoms with Gasteiger partial charge in [-0.1, -0.05) is 13.0 Å². The molecule has 118 valence electrons. The van der Waals surface area contributed by atoms with Crippen molar-refractivity contribution < 1.29 is 18.7 Å². The number of ether oxygens (including phenoxy) is 2. The molecule has 0 aliphatic rings. The minimum Gasteiger partial charge on any atom is -0.490 e. The molecular weight excluding hydrogens is 273 g/mol. The Bertz CT molecular complexity index is 479. The van der Waals surface area contributed by atoms with Crippen molar-refractivity contribution in [1.82, 2.24) is 5.32 Å². The summed E-state index contributed by atoms with van der Waals surface area (Å²) >= 11 is 0. The summed E-state index contributed by atoms with van der Waals surface area (Å²) in [6.07, 6.45) is 0.396. The zero-order valence-electron chi connectivity index (χ0n) is 13.2. The van der Waals surface area contributed by atoms with Crippen LogP contribution in [0.1, 0.15) is 32.8 Å². The summed E-state index contributed by atoms with van der Waals surface area (Å²) in [5.74, 6) is -0.514. The predicted molar refractivity (Wildman–Crippen MR) is 80.0 cm³/mol. The Morgan fingerprint density at radius 3 is 2.71 bits per heavy atom. The minimum absolute atomic E-state index is 0.206. The van der Waals surface area contributed by atoms with Gasteiger partial charge in [-0.05, 0) is 45.0 Å². The highest BCUT2D eigenvalue weighted by Gasteiger charge is 2.33. The van der Waals surface area contributed by atoms with E-state index < -0.39 is 11.4 Å². The number of esters is 1. The predicted octanol–water partition coefficient (Wildman–Crippen LogP) is 2.83. The van der Waals surface area contributed by atoms with Crippen LogP contribution in [0.2, 0.25) is 0 Å². The minimum atomic E-state index is -0.828. The van der Waals surface area contributed by atoms with E-state index in [4.69, 9.17) is 9.47 Å². The van der Waals surface area contributed by atoms with Crippen molar-refractivity contribution in [2.24, 2.45) is 0 Å². The number of carbonyl (C=O) groups is 1. The highest BCUT2D eigenvalue weighted by atomic mass is 19.1. The van der Waals surface area contributed by atoms with Crippen LogP contribution in [0.3, 0.4) is 0 Å². The van der Waals surface area contributed by atoms with E-state index in [1.807, 2.05) is 13.8 Å². The third kappa shape index (κ3) is 5.01. The molecule has 5 heteroatoms. The van der Waals surface area contributed by atoms with Gasteiger partial charge in [-0.3, -0.25) is 4.79 Å². The van der Waals surface area contributed by atoms with Crippen LogP contribution in [0.25, 0.3) is 0 Å². The van der Waals surface area contributed by atoms with Gasteiger partial charge in [-0.15, -0.1) is 0 Å². The third-order valence-corrected chi connectivity index (χ3v) is 3.24. The van der Waals surface area contributed by atoms with Crippen LogP contribution in [0.15, 0.2) is 18.2 Å². The summed E-state index contributed by atoms with van der Waals surface area (Å²) in [7, 11) is 0. The van der Waals surface area contributed by atoms with Crippen molar-refractivity contribution in [3.63, 3.8) is 0 Å². The summed E-state index contributed by atoms with van der Waals surface area (Å²) in [5.41, 5.74) is 0.0941. The van der Waals surface area contributed by atoms with Crippen LogP contribution in [-0.4, -0.2) is 31.3 Å². The first kappa shape index (κ1) is 17.4. The van der Waals surface area contributed by atoms with Gasteiger partial charge in [0.1, 0.15) is 5.54 Å². The lowest BCUT2D eigenvalue weighted by atomic mass is 9.98. The Morgan fingerprint density at radius 2 is 2.10 bits per heavy atom. The maximum atomic E-state index is 13.6. The second-order valence-corrected chi connectivity index (χ2v) is 5.12. The summed E-state index contributed by atoms with van der Waals surface area (Å²) in [6.45, 7) is 8.50. The monoisotopic (exact) mass is 297 g/mol. The second-order valence-electron chi connectivity index (χ2n) is 5.12. The molecule has 0 heterocycles. The van der Waals surface area contributed by atoms with E-state index in [1.165, 1.54) is 6.07 Å². The number of hydrogen-bond acceptors (Lipinski definition) is 4. The quantitative estimate of drug-likeness (QED) is 0.750. The average molecular weight is 297 g/mol. The highest BCUT2D eigenvalue weighted by molar-refractivity contribution is 5.80. The lowest BCUT2D eigenvalue weighted by Crippen LogP contribution is -2.51. The molecule has 1 unspecified atom stereocenters. The molecule has 1 N–H and O–H groups in total. The van der Waals surface area contributed by atoms with Gasteiger partial charge in [0.25, 0.3) is 0 Å². The van der Waals surface area contributed by atoms with Gasteiger partial charge in [0.15, 0.2) is 11.6 Å². The van der Waals surface area contributed by atoms with Crippen molar-refractivity contribution in [3.05, 3.63) is 29.6 Å². The number of nitrogens with one attached hydrogen (secondary N) is 1. The molecule has 0 saturated carbocycles. The number of aryl methyl sites for hydroxylation is 1. The van der Waals surface area contributed by atoms with Crippen molar-refractivity contribution >= 4 is 5.97 Å². The number of rotatable bonds is 8. The smallest absolute Gasteiger partial charge is 0.326 e. The Kier molecular flexibility index (Phi) is 6.62. The van der Waals surface area contributed by atoms with Crippen molar-refractivity contribution in [1.29, 1.82) is 0 Å². The lowest BCUT2D eigenvalue weighted by Gasteiger charge is -2.28. The Morgan fingerprint density at radius 1 is 1.38 bits per heavy atom. The first-order valence-electron chi connectivity index (χ1n) is 7.24. The molecule has 0 bridgehead atoms. The molecule has 1 atom stereocenters. The molecule has 0 aliphatic heterocycles. The van der Waals surface area contributed by atoms with E-state index in [0.29, 0.717) is 19.6 Å². The van der Waals surface area contributed by atoms with Crippen LogP contribution in [-0.2, 0) is 9.53 Å². The Hall–Kier alpha value is -1.62. The van der Waals surface area contributed by atoms with Crippen molar-refractivity contribution in [2.75, 3.05) is 19.8 Å². The van der Waals surface area contributed by atoms with Gasteiger partial charge >= 0.3 is 5.97 Å². The van der Waals surface area contributed by atoms with Gasteiger partial charge in [-0.25, -0.2) is 4.39 Å². The number of carbonyl (C=O) groups excluding carboxylic acids is 1. The van der Waals surface area contributed by atoms with E-state index in [9.17, 15) is 9.18 Å². The molecule has 0 aliphatic carbocycles. The third-order valence-electron chi connectivity index (χ3n) is 3.24. The molecule has 0 saturated heterocycles. The summed E-state index contributed by atoms with van der Waals surface area (Å²) in [5, 5.41) is 3.11. The first-order chi connectivity index (χ1) is 9.92. The molecule has 1 aromatic rings. The SMILES string of the molecule is CCNC(C)(CCOc1cc(C)ccc1F)C(=O)OCC. The van der Waals surface area contributed by atoms with Crippen molar-refractivity contribution in [3.8, 4) is 5.75 Å². The Labute approximate surface area is 125 Å². The van der Waals surface area contributed by atoms with Crippen molar-refractivity contribution in [2.45, 2.75) is 39.7 Å². The molecule has 0 fully saturated rings. The van der Waals surface area contributed by atoms with E-state index in [-0.39, 0.29) is 18.3 Å². The zero-order chi connectivity index (χ0) is 15.9. The average Bonchev–Trinajstić information content (AvgIpc) is 2.43. The molecule has 0 amide bonds. The summed E-state index contributed by atoms with van der Waals surface area (Å²) in [6, 6.07) is 4.70. The molecule has 1 rings (SSSR count). The lowest BCUT2D eigenvalue weighted by molar-refractivity contribution is -0.151. The Balaban J connectivity index is 2.65. The van der Waals surface area contributed by atoms with Crippen LogP contribution >= 0.6 is 0 Å². The fraction of sp³-hybridized carbons (Fsp3) is 0.562. The maximum Gasteiger partial charge on any atom is 0.326 e. The normalized spacial score (nSPS) is 13.6. The number of benzene rings is 1. The highest BCUT2D eigenvalue weighted by Crippen LogP contribution is 2.20. The van der Waals surface area contributed by atoms with Gasteiger partial charge in [0.2, 0.25) is 0 Å². The zero-order valence-corrected chi connectivity index (χ0v) is 13.2. The number of likely N-dealkylation sites (N-methyl/N-ethyl adjacent to an activating group) is 1. The molecule has 0 spiro atoms. The number of halogens is 1. The molecule has 1 aromatic carbocycles. The largest absolute Gasteiger partial charge is 0.490 e.